The second-order valence-electron chi connectivity index (χ2n) is 7.25. The first kappa shape index (κ1) is 26.2. The van der Waals surface area contributed by atoms with Gasteiger partial charge in [0.2, 0.25) is 0 Å². The quantitative estimate of drug-likeness (QED) is 0.358. The first-order chi connectivity index (χ1) is 13.4. The molecular weight excluding hydrogens is 364 g/mol. The second kappa shape index (κ2) is 17.3. The third kappa shape index (κ3) is 16.4. The van der Waals surface area contributed by atoms with Crippen LogP contribution in [0.3, 0.4) is 0 Å². The summed E-state index contributed by atoms with van der Waals surface area (Å²) in [6.45, 7) is 8.30. The Kier molecular flexibility index (Phi) is 16.2. The van der Waals surface area contributed by atoms with Crippen LogP contribution in [-0.4, -0.2) is 65.4 Å². The maximum Gasteiger partial charge on any atom is 0.414 e. The highest BCUT2D eigenvalue weighted by atomic mass is 16.5. The lowest BCUT2D eigenvalue weighted by Gasteiger charge is -2.26. The fourth-order valence-electron chi connectivity index (χ4n) is 3.01. The molecular formula is C20H38N2O6. The zero-order valence-electron chi connectivity index (χ0n) is 17.5. The van der Waals surface area contributed by atoms with Crippen molar-refractivity contribution in [3.05, 3.63) is 0 Å². The number of piperidine rings is 1. The number of carbonyl (C=O) groups is 3. The molecule has 1 fully saturated rings. The van der Waals surface area contributed by atoms with E-state index in [2.05, 4.69) is 24.1 Å². The molecule has 3 N–H and O–H groups in total. The van der Waals surface area contributed by atoms with Crippen molar-refractivity contribution in [2.75, 3.05) is 26.2 Å². The van der Waals surface area contributed by atoms with E-state index < -0.39 is 11.9 Å². The highest BCUT2D eigenvalue weighted by Gasteiger charge is 2.11. The molecule has 1 unspecified atom stereocenters. The van der Waals surface area contributed by atoms with E-state index in [0.29, 0.717) is 6.61 Å². The molecule has 0 aromatic carbocycles. The molecule has 0 radical (unpaired) electrons. The van der Waals surface area contributed by atoms with Crippen LogP contribution in [0.2, 0.25) is 0 Å². The topological polar surface area (TPSA) is 116 Å². The summed E-state index contributed by atoms with van der Waals surface area (Å²) < 4.78 is 5.27. The maximum absolute atomic E-state index is 11.7. The molecule has 1 aliphatic heterocycles. The number of aliphatic carboxylic acids is 2. The van der Waals surface area contributed by atoms with E-state index in [-0.39, 0.29) is 12.1 Å². The Morgan fingerprint density at radius 3 is 2.14 bits per heavy atom. The number of carboxylic acid groups (broad SMARTS) is 2. The van der Waals surface area contributed by atoms with Crippen molar-refractivity contribution in [3.63, 3.8) is 0 Å². The molecule has 0 bridgehead atoms. The van der Waals surface area contributed by atoms with Gasteiger partial charge in [0.1, 0.15) is 0 Å². The Balaban J connectivity index is 0.00000105. The molecule has 0 spiro atoms. The van der Waals surface area contributed by atoms with Crippen LogP contribution in [0.15, 0.2) is 0 Å². The van der Waals surface area contributed by atoms with Gasteiger partial charge in [-0.25, -0.2) is 14.4 Å². The largest absolute Gasteiger partial charge is 0.473 e. The number of unbranched alkanes of at least 4 members (excludes halogenated alkanes) is 4. The number of carboxylic acids is 2. The minimum atomic E-state index is -1.82. The highest BCUT2D eigenvalue weighted by Crippen LogP contribution is 2.09. The minimum absolute atomic E-state index is 0.219. The van der Waals surface area contributed by atoms with E-state index in [1.54, 1.807) is 0 Å². The Labute approximate surface area is 168 Å². The molecule has 1 saturated heterocycles. The van der Waals surface area contributed by atoms with Gasteiger partial charge in [0.15, 0.2) is 0 Å². The van der Waals surface area contributed by atoms with Crippen LogP contribution < -0.4 is 5.32 Å². The number of carbonyl (C=O) groups excluding carboxylic acids is 1. The summed E-state index contributed by atoms with van der Waals surface area (Å²) in [6, 6.07) is 0.219. The predicted octanol–water partition coefficient (Wildman–Crippen LogP) is 3.49. The number of likely N-dealkylation sites (tertiary alicyclic amines) is 1. The number of ether oxygens (including phenoxy) is 1. The summed E-state index contributed by atoms with van der Waals surface area (Å²) in [5.41, 5.74) is 0. The lowest BCUT2D eigenvalue weighted by Crippen LogP contribution is -2.34. The number of hydrogen-bond donors (Lipinski definition) is 3. The van der Waals surface area contributed by atoms with Gasteiger partial charge in [-0.2, -0.15) is 0 Å². The second-order valence-corrected chi connectivity index (χ2v) is 7.25. The summed E-state index contributed by atoms with van der Waals surface area (Å²) in [5, 5.41) is 17.7. The van der Waals surface area contributed by atoms with Gasteiger partial charge < -0.3 is 25.2 Å². The number of nitrogens with zero attached hydrogens (tertiary/aromatic N) is 1. The van der Waals surface area contributed by atoms with Crippen molar-refractivity contribution in [2.24, 2.45) is 0 Å². The molecule has 1 amide bonds. The third-order valence-corrected chi connectivity index (χ3v) is 4.59. The molecule has 0 saturated carbocycles. The maximum atomic E-state index is 11.7. The van der Waals surface area contributed by atoms with Gasteiger partial charge >= 0.3 is 18.0 Å². The molecule has 0 aromatic heterocycles. The molecule has 0 aliphatic carbocycles. The number of alkyl carbamates (subject to hydrolysis) is 1. The SMILES string of the molecule is CCCCCCCC(C)NC(=O)OCCCN1CCCCC1.O=C(O)C(=O)O. The van der Waals surface area contributed by atoms with Crippen LogP contribution in [0.4, 0.5) is 4.79 Å². The van der Waals surface area contributed by atoms with E-state index in [4.69, 9.17) is 24.5 Å². The van der Waals surface area contributed by atoms with E-state index in [1.807, 2.05) is 0 Å². The van der Waals surface area contributed by atoms with Gasteiger partial charge in [-0.15, -0.1) is 0 Å². The number of rotatable bonds is 11. The van der Waals surface area contributed by atoms with Crippen molar-refractivity contribution in [1.82, 2.24) is 10.2 Å². The smallest absolute Gasteiger partial charge is 0.414 e. The fraction of sp³-hybridized carbons (Fsp3) is 0.850. The average molecular weight is 403 g/mol. The van der Waals surface area contributed by atoms with Crippen molar-refractivity contribution in [3.8, 4) is 0 Å². The van der Waals surface area contributed by atoms with Crippen molar-refractivity contribution < 1.29 is 29.3 Å². The molecule has 164 valence electrons. The molecule has 1 rings (SSSR count). The molecule has 1 aliphatic rings. The van der Waals surface area contributed by atoms with Crippen molar-refractivity contribution >= 4 is 18.0 Å². The van der Waals surface area contributed by atoms with Crippen molar-refractivity contribution in [2.45, 2.75) is 84.1 Å². The van der Waals surface area contributed by atoms with Gasteiger partial charge in [-0.3, -0.25) is 0 Å². The van der Waals surface area contributed by atoms with Crippen LogP contribution in [0.25, 0.3) is 0 Å². The highest BCUT2D eigenvalue weighted by molar-refractivity contribution is 6.27. The number of hydrogen-bond acceptors (Lipinski definition) is 5. The number of amides is 1. The summed E-state index contributed by atoms with van der Waals surface area (Å²) in [4.78, 5) is 32.4. The lowest BCUT2D eigenvalue weighted by atomic mass is 10.1. The van der Waals surface area contributed by atoms with Crippen LogP contribution >= 0.6 is 0 Å². The Bertz CT molecular complexity index is 426. The first-order valence-electron chi connectivity index (χ1n) is 10.5. The normalized spacial score (nSPS) is 15.1. The zero-order chi connectivity index (χ0) is 21.2. The molecule has 28 heavy (non-hydrogen) atoms. The van der Waals surface area contributed by atoms with E-state index in [1.165, 1.54) is 64.5 Å². The summed E-state index contributed by atoms with van der Waals surface area (Å²) >= 11 is 0. The molecule has 8 heteroatoms. The monoisotopic (exact) mass is 402 g/mol. The van der Waals surface area contributed by atoms with Gasteiger partial charge in [0.05, 0.1) is 6.61 Å². The number of nitrogens with one attached hydrogen (secondary N) is 1. The van der Waals surface area contributed by atoms with Gasteiger partial charge in [0.25, 0.3) is 0 Å². The van der Waals surface area contributed by atoms with Crippen LogP contribution in [-0.2, 0) is 14.3 Å². The first-order valence-corrected chi connectivity index (χ1v) is 10.5. The summed E-state index contributed by atoms with van der Waals surface area (Å²) in [7, 11) is 0. The van der Waals surface area contributed by atoms with E-state index in [9.17, 15) is 4.79 Å². The Morgan fingerprint density at radius 2 is 1.57 bits per heavy atom. The van der Waals surface area contributed by atoms with Gasteiger partial charge in [0, 0.05) is 12.6 Å². The van der Waals surface area contributed by atoms with Crippen LogP contribution in [0.1, 0.15) is 78.1 Å². The average Bonchev–Trinajstić information content (AvgIpc) is 2.66. The van der Waals surface area contributed by atoms with Crippen LogP contribution in [0.5, 0.6) is 0 Å². The molecule has 8 nitrogen and oxygen atoms in total. The Hall–Kier alpha value is -1.83. The molecule has 1 heterocycles. The van der Waals surface area contributed by atoms with E-state index >= 15 is 0 Å². The summed E-state index contributed by atoms with van der Waals surface area (Å²) in [5.74, 6) is -3.65. The standard InChI is InChI=1S/C18H36N2O2.C2H2O4/c1-3-4-5-6-8-12-17(2)19-18(21)22-16-11-15-20-13-9-7-10-14-20;3-1(4)2(5)6/h17H,3-16H2,1-2H3,(H,19,21);(H,3,4)(H,5,6). The molecule has 0 aromatic rings. The molecule has 1 atom stereocenters. The van der Waals surface area contributed by atoms with Gasteiger partial charge in [-0.05, 0) is 45.7 Å². The Morgan fingerprint density at radius 1 is 0.964 bits per heavy atom. The lowest BCUT2D eigenvalue weighted by molar-refractivity contribution is -0.159. The summed E-state index contributed by atoms with van der Waals surface area (Å²) in [6.07, 6.45) is 12.1. The van der Waals surface area contributed by atoms with Gasteiger partial charge in [-0.1, -0.05) is 45.4 Å². The fourth-order valence-corrected chi connectivity index (χ4v) is 3.01. The van der Waals surface area contributed by atoms with Crippen LogP contribution in [0, 0.1) is 0 Å². The minimum Gasteiger partial charge on any atom is -0.473 e. The van der Waals surface area contributed by atoms with Crippen molar-refractivity contribution in [1.29, 1.82) is 0 Å². The third-order valence-electron chi connectivity index (χ3n) is 4.59. The van der Waals surface area contributed by atoms with E-state index in [0.717, 1.165) is 19.4 Å². The zero-order valence-corrected chi connectivity index (χ0v) is 17.5. The predicted molar refractivity (Wildman–Crippen MR) is 108 cm³/mol.